The van der Waals surface area contributed by atoms with Crippen LogP contribution in [-0.2, 0) is 14.6 Å². The fraction of sp³-hybridized carbons (Fsp3) is 1.00. The number of rotatable bonds is 12. The summed E-state index contributed by atoms with van der Waals surface area (Å²) in [5.74, 6) is 0. The molecule has 0 aromatic heterocycles. The molecule has 128 valence electrons. The average Bonchev–Trinajstić information content (AvgIpc) is 2.35. The van der Waals surface area contributed by atoms with Crippen LogP contribution in [0.3, 0.4) is 0 Å². The van der Waals surface area contributed by atoms with Crippen molar-refractivity contribution in [2.75, 3.05) is 13.2 Å². The van der Waals surface area contributed by atoms with Crippen LogP contribution in [-0.4, -0.2) is 69.0 Å². The molecule has 0 aliphatic rings. The molecule has 0 aliphatic carbocycles. The fourth-order valence-corrected chi connectivity index (χ4v) is 2.08. The molecule has 0 bridgehead atoms. The largest absolute Gasteiger partial charge is 2.00 e. The Morgan fingerprint density at radius 2 is 1.19 bits per heavy atom. The monoisotopic (exact) mass is 354 g/mol. The maximum absolute atomic E-state index is 10.2. The number of unbranched alkanes of at least 4 members (excludes halogenated alkanes) is 9. The topological polar surface area (TPSA) is 83.8 Å². The summed E-state index contributed by atoms with van der Waals surface area (Å²) in [7, 11) is -4.23. The molecule has 0 heterocycles. The standard InChI is InChI=1S/C12H26O4S.C2H6O.Ca.2H/c1-2-3-4-5-6-7-8-9-10-11-12-16-17(13,14)15;1-2-3;;;/h2-12H2,1H3,(H,13,14,15);3H,2H2,1H3;;;/q;;+2;2*-1. The van der Waals surface area contributed by atoms with Crippen molar-refractivity contribution in [2.24, 2.45) is 0 Å². The summed E-state index contributed by atoms with van der Waals surface area (Å²) in [5, 5.41) is 7.57. The van der Waals surface area contributed by atoms with Crippen LogP contribution >= 0.6 is 0 Å². The molecule has 0 atom stereocenters. The fourth-order valence-electron chi connectivity index (χ4n) is 1.75. The zero-order valence-corrected chi connectivity index (χ0v) is 16.7. The van der Waals surface area contributed by atoms with Gasteiger partial charge in [-0.15, -0.1) is 0 Å². The van der Waals surface area contributed by atoms with Gasteiger partial charge in [0.05, 0.1) is 6.61 Å². The maximum Gasteiger partial charge on any atom is 2.00 e. The number of hydrogen-bond donors (Lipinski definition) is 2. The van der Waals surface area contributed by atoms with E-state index in [2.05, 4.69) is 11.1 Å². The van der Waals surface area contributed by atoms with Crippen molar-refractivity contribution < 1.29 is 25.1 Å². The third-order valence-corrected chi connectivity index (χ3v) is 3.19. The first kappa shape index (κ1) is 27.0. The van der Waals surface area contributed by atoms with Gasteiger partial charge in [0.25, 0.3) is 0 Å². The van der Waals surface area contributed by atoms with Crippen molar-refractivity contribution in [1.82, 2.24) is 0 Å². The van der Waals surface area contributed by atoms with Gasteiger partial charge in [-0.2, -0.15) is 8.42 Å². The predicted octanol–water partition coefficient (Wildman–Crippen LogP) is 3.57. The van der Waals surface area contributed by atoms with Gasteiger partial charge >= 0.3 is 48.1 Å². The van der Waals surface area contributed by atoms with E-state index in [1.807, 2.05) is 0 Å². The second-order valence-electron chi connectivity index (χ2n) is 4.75. The normalized spacial score (nSPS) is 10.5. The molecule has 7 heteroatoms. The minimum Gasteiger partial charge on any atom is -1.00 e. The zero-order valence-electron chi connectivity index (χ0n) is 15.7. The second kappa shape index (κ2) is 21.1. The summed E-state index contributed by atoms with van der Waals surface area (Å²) in [5.41, 5.74) is 0. The first-order valence-corrected chi connectivity index (χ1v) is 9.07. The van der Waals surface area contributed by atoms with Crippen molar-refractivity contribution >= 4 is 48.1 Å². The first-order valence-electron chi connectivity index (χ1n) is 7.70. The van der Waals surface area contributed by atoms with Crippen molar-refractivity contribution in [3.05, 3.63) is 0 Å². The van der Waals surface area contributed by atoms with Crippen LogP contribution in [0.2, 0.25) is 0 Å². The Morgan fingerprint density at radius 3 is 1.52 bits per heavy atom. The molecule has 21 heavy (non-hydrogen) atoms. The van der Waals surface area contributed by atoms with Gasteiger partial charge in [0.15, 0.2) is 0 Å². The van der Waals surface area contributed by atoms with E-state index in [-0.39, 0.29) is 53.8 Å². The summed E-state index contributed by atoms with van der Waals surface area (Å²) >= 11 is 0. The van der Waals surface area contributed by atoms with Gasteiger partial charge in [0.1, 0.15) is 0 Å². The smallest absolute Gasteiger partial charge is 1.00 e. The molecule has 0 aromatic rings. The van der Waals surface area contributed by atoms with E-state index < -0.39 is 10.4 Å². The van der Waals surface area contributed by atoms with Crippen molar-refractivity contribution in [1.29, 1.82) is 0 Å². The molecular formula is C14H34CaO5S. The van der Waals surface area contributed by atoms with E-state index in [4.69, 9.17) is 9.66 Å². The van der Waals surface area contributed by atoms with E-state index in [1.54, 1.807) is 6.92 Å². The Labute approximate surface area is 163 Å². The summed E-state index contributed by atoms with van der Waals surface area (Å²) in [6.07, 6.45) is 11.9. The molecule has 0 aliphatic heterocycles. The minimum absolute atomic E-state index is 0. The predicted molar refractivity (Wildman–Crippen MR) is 90.1 cm³/mol. The molecule has 0 saturated heterocycles. The summed E-state index contributed by atoms with van der Waals surface area (Å²) in [6, 6.07) is 0. The molecule has 0 aromatic carbocycles. The van der Waals surface area contributed by atoms with E-state index in [9.17, 15) is 8.42 Å². The third kappa shape index (κ3) is 33.8. The van der Waals surface area contributed by atoms with Gasteiger partial charge in [-0.05, 0) is 13.3 Å². The minimum atomic E-state index is -4.23. The summed E-state index contributed by atoms with van der Waals surface area (Å²) in [6.45, 7) is 4.24. The molecule has 0 radical (unpaired) electrons. The third-order valence-electron chi connectivity index (χ3n) is 2.73. The number of hydrogen-bond acceptors (Lipinski definition) is 4. The van der Waals surface area contributed by atoms with Crippen LogP contribution in [0.5, 0.6) is 0 Å². The first-order chi connectivity index (χ1) is 9.47. The Bertz CT molecular complexity index is 280. The van der Waals surface area contributed by atoms with E-state index in [0.717, 1.165) is 12.8 Å². The van der Waals surface area contributed by atoms with Crippen LogP contribution < -0.4 is 0 Å². The molecule has 0 rings (SSSR count). The van der Waals surface area contributed by atoms with Crippen LogP contribution in [0.15, 0.2) is 0 Å². The Hall–Kier alpha value is 1.09. The number of aliphatic hydroxyl groups excluding tert-OH is 1. The van der Waals surface area contributed by atoms with Crippen molar-refractivity contribution in [3.63, 3.8) is 0 Å². The molecule has 0 amide bonds. The van der Waals surface area contributed by atoms with Gasteiger partial charge in [-0.3, -0.25) is 4.55 Å². The molecule has 0 spiro atoms. The molecular weight excluding hydrogens is 320 g/mol. The van der Waals surface area contributed by atoms with Crippen molar-refractivity contribution in [3.8, 4) is 0 Å². The van der Waals surface area contributed by atoms with E-state index >= 15 is 0 Å². The Morgan fingerprint density at radius 1 is 0.857 bits per heavy atom. The van der Waals surface area contributed by atoms with E-state index in [0.29, 0.717) is 6.42 Å². The van der Waals surface area contributed by atoms with Crippen molar-refractivity contribution in [2.45, 2.75) is 78.1 Å². The molecule has 2 N–H and O–H groups in total. The van der Waals surface area contributed by atoms with Gasteiger partial charge < -0.3 is 7.96 Å². The SMILES string of the molecule is CCCCCCCCCCCCOS(=O)(=O)O.CCO.[Ca+2].[H-].[H-]. The van der Waals surface area contributed by atoms with Gasteiger partial charge in [0, 0.05) is 6.61 Å². The van der Waals surface area contributed by atoms with Crippen LogP contribution in [0.25, 0.3) is 0 Å². The van der Waals surface area contributed by atoms with Gasteiger partial charge in [-0.25, -0.2) is 4.18 Å². The molecule has 0 fully saturated rings. The Kier molecular flexibility index (Phi) is 27.1. The molecule has 5 nitrogen and oxygen atoms in total. The quantitative estimate of drug-likeness (QED) is 0.318. The van der Waals surface area contributed by atoms with E-state index in [1.165, 1.54) is 44.9 Å². The van der Waals surface area contributed by atoms with Crippen LogP contribution in [0.1, 0.15) is 80.9 Å². The zero-order chi connectivity index (χ0) is 15.7. The Balaban J connectivity index is -0.000000166. The molecule has 0 saturated carbocycles. The molecule has 0 unspecified atom stereocenters. The number of aliphatic hydroxyl groups is 1. The second-order valence-corrected chi connectivity index (χ2v) is 5.84. The van der Waals surface area contributed by atoms with Crippen LogP contribution in [0, 0.1) is 0 Å². The summed E-state index contributed by atoms with van der Waals surface area (Å²) in [4.78, 5) is 0. The van der Waals surface area contributed by atoms with Gasteiger partial charge in [0.2, 0.25) is 0 Å². The maximum atomic E-state index is 10.2. The summed E-state index contributed by atoms with van der Waals surface area (Å²) < 4.78 is 33.0. The average molecular weight is 355 g/mol. The van der Waals surface area contributed by atoms with Crippen LogP contribution in [0.4, 0.5) is 0 Å². The van der Waals surface area contributed by atoms with Gasteiger partial charge in [-0.1, -0.05) is 64.7 Å².